The fourth-order valence-electron chi connectivity index (χ4n) is 2.78. The van der Waals surface area contributed by atoms with E-state index >= 15 is 0 Å². The highest BCUT2D eigenvalue weighted by Gasteiger charge is 2.31. The molecule has 7 heteroatoms. The summed E-state index contributed by atoms with van der Waals surface area (Å²) in [6.07, 6.45) is 5.99. The van der Waals surface area contributed by atoms with Gasteiger partial charge in [-0.3, -0.25) is 9.59 Å². The number of nitrogens with one attached hydrogen (secondary N) is 1. The lowest BCUT2D eigenvalue weighted by Gasteiger charge is -2.34. The Morgan fingerprint density at radius 1 is 1.43 bits per heavy atom. The van der Waals surface area contributed by atoms with Crippen LogP contribution in [0.1, 0.15) is 49.9 Å². The maximum Gasteiger partial charge on any atom is 0.257 e. The van der Waals surface area contributed by atoms with E-state index in [4.69, 9.17) is 10.2 Å². The molecule has 1 atom stereocenters. The molecule has 1 aromatic heterocycles. The largest absolute Gasteiger partial charge is 0.472 e. The first-order valence-electron chi connectivity index (χ1n) is 7.85. The normalized spacial score (nSPS) is 18.0. The van der Waals surface area contributed by atoms with Crippen molar-refractivity contribution in [2.75, 3.05) is 13.1 Å². The summed E-state index contributed by atoms with van der Waals surface area (Å²) < 4.78 is 4.94. The second-order valence-corrected chi connectivity index (χ2v) is 6.22. The monoisotopic (exact) mass is 343 g/mol. The molecule has 0 bridgehead atoms. The Kier molecular flexibility index (Phi) is 7.09. The number of nitrogens with zero attached hydrogens (tertiary/aromatic N) is 1. The van der Waals surface area contributed by atoms with Crippen LogP contribution in [0.5, 0.6) is 0 Å². The molecule has 2 heterocycles. The minimum atomic E-state index is -0.821. The highest BCUT2D eigenvalue weighted by Crippen LogP contribution is 2.16. The predicted molar refractivity (Wildman–Crippen MR) is 90.5 cm³/mol. The van der Waals surface area contributed by atoms with Crippen molar-refractivity contribution in [2.24, 2.45) is 5.73 Å². The fourth-order valence-corrected chi connectivity index (χ4v) is 2.78. The van der Waals surface area contributed by atoms with Crippen LogP contribution in [0.3, 0.4) is 0 Å². The Hall–Kier alpha value is -1.53. The molecule has 0 aromatic carbocycles. The van der Waals surface area contributed by atoms with E-state index in [2.05, 4.69) is 5.32 Å². The molecule has 3 N–H and O–H groups in total. The van der Waals surface area contributed by atoms with Crippen LogP contribution < -0.4 is 11.1 Å². The summed E-state index contributed by atoms with van der Waals surface area (Å²) in [4.78, 5) is 26.2. The first kappa shape index (κ1) is 19.5. The smallest absolute Gasteiger partial charge is 0.257 e. The molecule has 1 aliphatic heterocycles. The zero-order chi connectivity index (χ0) is 16.2. The van der Waals surface area contributed by atoms with Crippen molar-refractivity contribution < 1.29 is 14.0 Å². The number of amides is 2. The summed E-state index contributed by atoms with van der Waals surface area (Å²) in [6.45, 7) is 5.04. The van der Waals surface area contributed by atoms with Crippen molar-refractivity contribution in [3.63, 3.8) is 0 Å². The van der Waals surface area contributed by atoms with Gasteiger partial charge < -0.3 is 20.4 Å². The molecule has 1 aromatic rings. The van der Waals surface area contributed by atoms with Crippen molar-refractivity contribution in [2.45, 2.75) is 51.1 Å². The van der Waals surface area contributed by atoms with Crippen LogP contribution >= 0.6 is 12.4 Å². The maximum atomic E-state index is 12.2. The molecule has 1 aliphatic rings. The van der Waals surface area contributed by atoms with Crippen molar-refractivity contribution in [3.8, 4) is 0 Å². The quantitative estimate of drug-likeness (QED) is 0.855. The Morgan fingerprint density at radius 3 is 2.61 bits per heavy atom. The van der Waals surface area contributed by atoms with Gasteiger partial charge in [-0.15, -0.1) is 12.4 Å². The topological polar surface area (TPSA) is 88.6 Å². The van der Waals surface area contributed by atoms with Crippen molar-refractivity contribution in [3.05, 3.63) is 24.2 Å². The average Bonchev–Trinajstić information content (AvgIpc) is 3.01. The van der Waals surface area contributed by atoms with Crippen molar-refractivity contribution in [1.82, 2.24) is 10.2 Å². The molecule has 0 saturated carbocycles. The van der Waals surface area contributed by atoms with E-state index in [0.29, 0.717) is 25.1 Å². The van der Waals surface area contributed by atoms with E-state index in [-0.39, 0.29) is 30.3 Å². The van der Waals surface area contributed by atoms with E-state index in [9.17, 15) is 9.59 Å². The third kappa shape index (κ3) is 4.97. The number of hydrogen-bond donors (Lipinski definition) is 2. The van der Waals surface area contributed by atoms with Gasteiger partial charge in [-0.25, -0.2) is 0 Å². The summed E-state index contributed by atoms with van der Waals surface area (Å²) in [5, 5.41) is 3.02. The number of nitrogens with two attached hydrogens (primary N) is 1. The lowest BCUT2D eigenvalue weighted by molar-refractivity contribution is -0.127. The SMILES string of the molecule is CCCC(C)(N)C(=O)NC1CCN(C(=O)c2ccoc2)CC1.Cl. The second-order valence-electron chi connectivity index (χ2n) is 6.22. The predicted octanol–water partition coefficient (Wildman–Crippen LogP) is 1.94. The molecule has 6 nitrogen and oxygen atoms in total. The van der Waals surface area contributed by atoms with E-state index < -0.39 is 5.54 Å². The van der Waals surface area contributed by atoms with Gasteiger partial charge in [0.25, 0.3) is 5.91 Å². The Bertz CT molecular complexity index is 509. The zero-order valence-electron chi connectivity index (χ0n) is 13.7. The van der Waals surface area contributed by atoms with Crippen LogP contribution in [0.15, 0.2) is 23.0 Å². The molecule has 130 valence electrons. The summed E-state index contributed by atoms with van der Waals surface area (Å²) in [7, 11) is 0. The molecular weight excluding hydrogens is 318 g/mol. The Morgan fingerprint density at radius 2 is 2.09 bits per heavy atom. The van der Waals surface area contributed by atoms with Crippen LogP contribution in [0.25, 0.3) is 0 Å². The Balaban J connectivity index is 0.00000264. The Labute approximate surface area is 143 Å². The van der Waals surface area contributed by atoms with Gasteiger partial charge in [0.1, 0.15) is 6.26 Å². The number of halogens is 1. The van der Waals surface area contributed by atoms with Gasteiger partial charge in [-0.2, -0.15) is 0 Å². The number of carbonyl (C=O) groups is 2. The third-order valence-electron chi connectivity index (χ3n) is 4.17. The summed E-state index contributed by atoms with van der Waals surface area (Å²) in [5.74, 6) is -0.123. The van der Waals surface area contributed by atoms with E-state index in [1.165, 1.54) is 12.5 Å². The van der Waals surface area contributed by atoms with Crippen LogP contribution in [-0.2, 0) is 4.79 Å². The molecule has 1 fully saturated rings. The standard InChI is InChI=1S/C16H25N3O3.ClH/c1-3-7-16(2,17)15(21)18-13-4-8-19(9-5-13)14(20)12-6-10-22-11-12;/h6,10-11,13H,3-5,7-9,17H2,1-2H3,(H,18,21);1H. The number of piperidine rings is 1. The molecule has 0 aliphatic carbocycles. The number of hydrogen-bond acceptors (Lipinski definition) is 4. The van der Waals surface area contributed by atoms with E-state index in [0.717, 1.165) is 19.3 Å². The summed E-state index contributed by atoms with van der Waals surface area (Å²) in [5.41, 5.74) is 5.79. The minimum absolute atomic E-state index is 0. The summed E-state index contributed by atoms with van der Waals surface area (Å²) in [6, 6.07) is 1.75. The third-order valence-corrected chi connectivity index (χ3v) is 4.17. The molecule has 1 saturated heterocycles. The van der Waals surface area contributed by atoms with E-state index in [1.807, 2.05) is 6.92 Å². The van der Waals surface area contributed by atoms with Crippen LogP contribution in [0.2, 0.25) is 0 Å². The van der Waals surface area contributed by atoms with Gasteiger partial charge in [0.05, 0.1) is 17.4 Å². The molecule has 0 spiro atoms. The van der Waals surface area contributed by atoms with Crippen LogP contribution in [0.4, 0.5) is 0 Å². The van der Waals surface area contributed by atoms with Crippen LogP contribution in [-0.4, -0.2) is 41.4 Å². The van der Waals surface area contributed by atoms with Crippen molar-refractivity contribution in [1.29, 1.82) is 0 Å². The molecule has 2 rings (SSSR count). The number of carbonyl (C=O) groups excluding carboxylic acids is 2. The first-order valence-corrected chi connectivity index (χ1v) is 7.85. The minimum Gasteiger partial charge on any atom is -0.472 e. The molecule has 23 heavy (non-hydrogen) atoms. The highest BCUT2D eigenvalue weighted by molar-refractivity contribution is 5.93. The first-order chi connectivity index (χ1) is 10.4. The highest BCUT2D eigenvalue weighted by atomic mass is 35.5. The number of furan rings is 1. The van der Waals surface area contributed by atoms with Crippen LogP contribution in [0, 0.1) is 0 Å². The van der Waals surface area contributed by atoms with Gasteiger partial charge in [-0.05, 0) is 32.3 Å². The maximum absolute atomic E-state index is 12.2. The van der Waals surface area contributed by atoms with Gasteiger partial charge in [0, 0.05) is 19.1 Å². The molecule has 0 radical (unpaired) electrons. The molecule has 2 amide bonds. The van der Waals surface area contributed by atoms with Crippen molar-refractivity contribution >= 4 is 24.2 Å². The summed E-state index contributed by atoms with van der Waals surface area (Å²) >= 11 is 0. The number of likely N-dealkylation sites (tertiary alicyclic amines) is 1. The average molecular weight is 344 g/mol. The van der Waals surface area contributed by atoms with Gasteiger partial charge >= 0.3 is 0 Å². The van der Waals surface area contributed by atoms with Gasteiger partial charge in [0.15, 0.2) is 0 Å². The zero-order valence-corrected chi connectivity index (χ0v) is 14.5. The molecule has 1 unspecified atom stereocenters. The number of rotatable bonds is 5. The lowest BCUT2D eigenvalue weighted by atomic mass is 9.95. The lowest BCUT2D eigenvalue weighted by Crippen LogP contribution is -2.56. The second kappa shape index (κ2) is 8.36. The van der Waals surface area contributed by atoms with E-state index in [1.54, 1.807) is 17.9 Å². The van der Waals surface area contributed by atoms with Gasteiger partial charge in [0.2, 0.25) is 5.91 Å². The molecular formula is C16H26ClN3O3. The van der Waals surface area contributed by atoms with Gasteiger partial charge in [-0.1, -0.05) is 13.3 Å². The fraction of sp³-hybridized carbons (Fsp3) is 0.625.